The Balaban J connectivity index is 1.39. The van der Waals surface area contributed by atoms with Crippen molar-refractivity contribution in [2.75, 3.05) is 26.2 Å². The number of hydrogen-bond acceptors (Lipinski definition) is 3. The van der Waals surface area contributed by atoms with Gasteiger partial charge in [0.25, 0.3) is 11.8 Å². The topological polar surface area (TPSA) is 40.6 Å². The van der Waals surface area contributed by atoms with Crippen LogP contribution in [-0.4, -0.2) is 47.8 Å². The summed E-state index contributed by atoms with van der Waals surface area (Å²) in [4.78, 5) is 31.0. The first-order valence-electron chi connectivity index (χ1n) is 9.07. The highest BCUT2D eigenvalue weighted by Crippen LogP contribution is 2.30. The van der Waals surface area contributed by atoms with Crippen molar-refractivity contribution < 1.29 is 14.0 Å². The lowest BCUT2D eigenvalue weighted by atomic mass is 9.99. The third-order valence-electron chi connectivity index (χ3n) is 5.13. The van der Waals surface area contributed by atoms with Crippen molar-refractivity contribution in [2.45, 2.75) is 25.7 Å². The summed E-state index contributed by atoms with van der Waals surface area (Å²) in [5.74, 6) is -0.517. The van der Waals surface area contributed by atoms with Crippen LogP contribution in [0.1, 0.15) is 43.3 Å². The van der Waals surface area contributed by atoms with Crippen LogP contribution in [-0.2, 0) is 12.8 Å². The normalized spacial score (nSPS) is 17.1. The minimum Gasteiger partial charge on any atom is -0.335 e. The van der Waals surface area contributed by atoms with Crippen molar-refractivity contribution in [2.24, 2.45) is 0 Å². The summed E-state index contributed by atoms with van der Waals surface area (Å²) in [6.45, 7) is 1.99. The van der Waals surface area contributed by atoms with Gasteiger partial charge in [-0.3, -0.25) is 9.59 Å². The highest BCUT2D eigenvalue weighted by atomic mass is 32.1. The van der Waals surface area contributed by atoms with Crippen molar-refractivity contribution in [1.29, 1.82) is 0 Å². The van der Waals surface area contributed by atoms with Crippen molar-refractivity contribution in [3.8, 4) is 0 Å². The summed E-state index contributed by atoms with van der Waals surface area (Å²) >= 11 is 1.63. The fourth-order valence-corrected chi connectivity index (χ4v) is 4.89. The van der Waals surface area contributed by atoms with E-state index in [0.717, 1.165) is 17.7 Å². The number of halogens is 1. The van der Waals surface area contributed by atoms with E-state index >= 15 is 0 Å². The fourth-order valence-electron chi connectivity index (χ4n) is 3.67. The zero-order valence-corrected chi connectivity index (χ0v) is 15.4. The van der Waals surface area contributed by atoms with Crippen molar-refractivity contribution in [3.63, 3.8) is 0 Å². The first-order valence-corrected chi connectivity index (χ1v) is 9.89. The number of rotatable bonds is 2. The maximum Gasteiger partial charge on any atom is 0.264 e. The molecule has 0 radical (unpaired) electrons. The van der Waals surface area contributed by atoms with Crippen LogP contribution in [0.15, 0.2) is 30.3 Å². The molecule has 0 N–H and O–H groups in total. The number of carbonyl (C=O) groups excluding carboxylic acids is 2. The number of aryl methyl sites for hydroxylation is 2. The van der Waals surface area contributed by atoms with Crippen LogP contribution in [0, 0.1) is 5.82 Å². The first-order chi connectivity index (χ1) is 12.6. The van der Waals surface area contributed by atoms with Crippen molar-refractivity contribution in [1.82, 2.24) is 9.80 Å². The van der Waals surface area contributed by atoms with Crippen LogP contribution in [0.2, 0.25) is 0 Å². The van der Waals surface area contributed by atoms with E-state index in [4.69, 9.17) is 0 Å². The number of fused-ring (bicyclic) bond motifs is 1. The molecule has 0 atom stereocenters. The van der Waals surface area contributed by atoms with E-state index in [0.29, 0.717) is 31.7 Å². The van der Waals surface area contributed by atoms with Gasteiger partial charge in [0, 0.05) is 36.6 Å². The second-order valence-electron chi connectivity index (χ2n) is 6.86. The first kappa shape index (κ1) is 17.2. The molecule has 1 aliphatic carbocycles. The molecule has 2 amide bonds. The Bertz CT molecular complexity index is 817. The van der Waals surface area contributed by atoms with E-state index in [1.165, 1.54) is 35.4 Å². The summed E-state index contributed by atoms with van der Waals surface area (Å²) in [5, 5.41) is 0. The maximum atomic E-state index is 13.3. The number of amides is 2. The molecule has 1 aromatic carbocycles. The van der Waals surface area contributed by atoms with Gasteiger partial charge in [0.15, 0.2) is 0 Å². The van der Waals surface area contributed by atoms with E-state index in [2.05, 4.69) is 6.07 Å². The Morgan fingerprint density at radius 3 is 2.31 bits per heavy atom. The number of nitrogens with zero attached hydrogens (tertiary/aromatic N) is 2. The molecule has 136 valence electrons. The zero-order chi connectivity index (χ0) is 18.1. The predicted molar refractivity (Wildman–Crippen MR) is 99.2 cm³/mol. The number of thiophene rings is 1. The average molecular weight is 372 g/mol. The molecule has 4 rings (SSSR count). The predicted octanol–water partition coefficient (Wildman–Crippen LogP) is 3.36. The molecule has 0 saturated carbocycles. The smallest absolute Gasteiger partial charge is 0.264 e. The van der Waals surface area contributed by atoms with Gasteiger partial charge in [0.2, 0.25) is 0 Å². The van der Waals surface area contributed by atoms with E-state index in [1.54, 1.807) is 28.4 Å². The lowest BCUT2D eigenvalue weighted by molar-refractivity contribution is 0.0538. The summed E-state index contributed by atoms with van der Waals surface area (Å²) in [5.41, 5.74) is 1.69. The fraction of sp³-hybridized carbons (Fsp3) is 0.400. The standard InChI is InChI=1S/C20H21FN2O2S/c21-16-6-3-5-15(12-16)19(24)22-8-10-23(11-9-22)20(25)18-13-14-4-1-2-7-17(14)26-18/h3,5-6,12-13H,1-2,4,7-11H2. The summed E-state index contributed by atoms with van der Waals surface area (Å²) in [7, 11) is 0. The van der Waals surface area contributed by atoms with Gasteiger partial charge in [-0.15, -0.1) is 11.3 Å². The molecule has 6 heteroatoms. The van der Waals surface area contributed by atoms with E-state index < -0.39 is 5.82 Å². The molecule has 4 nitrogen and oxygen atoms in total. The van der Waals surface area contributed by atoms with E-state index in [1.807, 2.05) is 4.90 Å². The molecule has 0 spiro atoms. The van der Waals surface area contributed by atoms with Gasteiger partial charge in [-0.25, -0.2) is 4.39 Å². The molecule has 26 heavy (non-hydrogen) atoms. The van der Waals surface area contributed by atoms with E-state index in [-0.39, 0.29) is 11.8 Å². The van der Waals surface area contributed by atoms with Gasteiger partial charge < -0.3 is 9.80 Å². The lowest BCUT2D eigenvalue weighted by Crippen LogP contribution is -2.50. The molecule has 0 bridgehead atoms. The molecular formula is C20H21FN2O2S. The Labute approximate surface area is 156 Å². The monoisotopic (exact) mass is 372 g/mol. The van der Waals surface area contributed by atoms with Gasteiger partial charge in [-0.2, -0.15) is 0 Å². The van der Waals surface area contributed by atoms with Crippen molar-refractivity contribution in [3.05, 3.63) is 57.0 Å². The van der Waals surface area contributed by atoms with Crippen LogP contribution in [0.4, 0.5) is 4.39 Å². The van der Waals surface area contributed by atoms with Crippen LogP contribution < -0.4 is 0 Å². The van der Waals surface area contributed by atoms with Gasteiger partial charge in [0.05, 0.1) is 4.88 Å². The maximum absolute atomic E-state index is 13.3. The Morgan fingerprint density at radius 2 is 1.62 bits per heavy atom. The highest BCUT2D eigenvalue weighted by Gasteiger charge is 2.27. The Morgan fingerprint density at radius 1 is 0.923 bits per heavy atom. The van der Waals surface area contributed by atoms with Crippen molar-refractivity contribution >= 4 is 23.2 Å². The van der Waals surface area contributed by atoms with Gasteiger partial charge >= 0.3 is 0 Å². The minimum atomic E-state index is -0.411. The minimum absolute atomic E-state index is 0.0715. The van der Waals surface area contributed by atoms with Crippen LogP contribution in [0.25, 0.3) is 0 Å². The molecule has 1 saturated heterocycles. The Hall–Kier alpha value is -2.21. The average Bonchev–Trinajstić information content (AvgIpc) is 3.11. The molecule has 2 aliphatic rings. The summed E-state index contributed by atoms with van der Waals surface area (Å²) in [6, 6.07) is 7.82. The number of hydrogen-bond donors (Lipinski definition) is 0. The van der Waals surface area contributed by atoms with Gasteiger partial charge in [-0.05, 0) is 55.5 Å². The third-order valence-corrected chi connectivity index (χ3v) is 6.36. The molecule has 1 fully saturated rings. The highest BCUT2D eigenvalue weighted by molar-refractivity contribution is 7.14. The quantitative estimate of drug-likeness (QED) is 0.811. The largest absolute Gasteiger partial charge is 0.335 e. The summed E-state index contributed by atoms with van der Waals surface area (Å²) < 4.78 is 13.3. The molecule has 2 heterocycles. The molecular weight excluding hydrogens is 351 g/mol. The van der Waals surface area contributed by atoms with Crippen LogP contribution >= 0.6 is 11.3 Å². The van der Waals surface area contributed by atoms with Gasteiger partial charge in [-0.1, -0.05) is 6.07 Å². The third kappa shape index (κ3) is 3.38. The molecule has 1 aromatic heterocycles. The molecule has 1 aliphatic heterocycles. The van der Waals surface area contributed by atoms with Crippen LogP contribution in [0.5, 0.6) is 0 Å². The van der Waals surface area contributed by atoms with Gasteiger partial charge in [0.1, 0.15) is 5.82 Å². The second kappa shape index (κ2) is 7.19. The van der Waals surface area contributed by atoms with E-state index in [9.17, 15) is 14.0 Å². The lowest BCUT2D eigenvalue weighted by Gasteiger charge is -2.34. The molecule has 0 unspecified atom stereocenters. The Kier molecular flexibility index (Phi) is 4.76. The SMILES string of the molecule is O=C(c1cccc(F)c1)N1CCN(C(=O)c2cc3c(s2)CCCC3)CC1. The van der Waals surface area contributed by atoms with Crippen LogP contribution in [0.3, 0.4) is 0 Å². The zero-order valence-electron chi connectivity index (χ0n) is 14.5. The number of benzene rings is 1. The number of carbonyl (C=O) groups is 2. The number of piperazine rings is 1. The summed E-state index contributed by atoms with van der Waals surface area (Å²) in [6.07, 6.45) is 4.58. The second-order valence-corrected chi connectivity index (χ2v) is 8.00. The molecule has 2 aromatic rings.